The van der Waals surface area contributed by atoms with Crippen molar-refractivity contribution in [3.63, 3.8) is 0 Å². The second-order valence-electron chi connectivity index (χ2n) is 2.64. The van der Waals surface area contributed by atoms with E-state index < -0.39 is 0 Å². The molecule has 0 aliphatic carbocycles. The highest BCUT2D eigenvalue weighted by molar-refractivity contribution is 5.92. The summed E-state index contributed by atoms with van der Waals surface area (Å²) in [4.78, 5) is 10.3. The van der Waals surface area contributed by atoms with Gasteiger partial charge in [0.25, 0.3) is 0 Å². The van der Waals surface area contributed by atoms with Gasteiger partial charge in [-0.3, -0.25) is 4.79 Å². The summed E-state index contributed by atoms with van der Waals surface area (Å²) in [6.07, 6.45) is 4.81. The van der Waals surface area contributed by atoms with Gasteiger partial charge in [-0.1, -0.05) is 46.3 Å². The molecule has 0 fully saturated rings. The maximum absolute atomic E-state index is 10.3. The van der Waals surface area contributed by atoms with Crippen LogP contribution in [0.4, 0.5) is 0 Å². The summed E-state index contributed by atoms with van der Waals surface area (Å²) in [5.74, 6) is 0.155. The first kappa shape index (κ1) is 23.8. The van der Waals surface area contributed by atoms with Crippen LogP contribution in [0.2, 0.25) is 0 Å². The number of hydrogen-bond acceptors (Lipinski definition) is 1. The van der Waals surface area contributed by atoms with Crippen molar-refractivity contribution in [3.05, 3.63) is 24.3 Å². The Morgan fingerprint density at radius 3 is 1.33 bits per heavy atom. The fourth-order valence-electron chi connectivity index (χ4n) is 0.203. The topological polar surface area (TPSA) is 17.1 Å². The van der Waals surface area contributed by atoms with Gasteiger partial charge in [0.05, 0.1) is 0 Å². The Morgan fingerprint density at radius 1 is 1.13 bits per heavy atom. The molecule has 0 aromatic heterocycles. The molecule has 0 aromatic rings. The molecule has 92 valence electrons. The molecule has 0 saturated heterocycles. The molecule has 0 heterocycles. The summed E-state index contributed by atoms with van der Waals surface area (Å²) in [6, 6.07) is 0. The zero-order chi connectivity index (χ0) is 13.3. The average Bonchev–Trinajstić information content (AvgIpc) is 2.22. The lowest BCUT2D eigenvalue weighted by atomic mass is 10.2. The monoisotopic (exact) mass is 214 g/mol. The molecule has 0 bridgehead atoms. The van der Waals surface area contributed by atoms with Crippen molar-refractivity contribution < 1.29 is 4.79 Å². The molecule has 0 rings (SSSR count). The highest BCUT2D eigenvalue weighted by Crippen LogP contribution is 1.90. The highest BCUT2D eigenvalue weighted by Gasteiger charge is 1.89. The Labute approximate surface area is 97.3 Å². The molecule has 0 aromatic carbocycles. The van der Waals surface area contributed by atoms with Crippen LogP contribution in [0.25, 0.3) is 0 Å². The lowest BCUT2D eigenvalue weighted by Gasteiger charge is -1.85. The summed E-state index contributed by atoms with van der Waals surface area (Å²) < 4.78 is 0. The van der Waals surface area contributed by atoms with Crippen molar-refractivity contribution in [1.29, 1.82) is 0 Å². The van der Waals surface area contributed by atoms with Crippen molar-refractivity contribution in [3.8, 4) is 0 Å². The molecule has 0 N–H and O–H groups in total. The van der Waals surface area contributed by atoms with E-state index >= 15 is 0 Å². The lowest BCUT2D eigenvalue weighted by Crippen LogP contribution is -1.88. The van der Waals surface area contributed by atoms with Crippen LogP contribution in [0.5, 0.6) is 0 Å². The second-order valence-corrected chi connectivity index (χ2v) is 2.64. The molecule has 0 atom stereocenters. The van der Waals surface area contributed by atoms with Crippen LogP contribution in [-0.2, 0) is 4.79 Å². The van der Waals surface area contributed by atoms with Crippen molar-refractivity contribution >= 4 is 5.78 Å². The molecule has 0 aliphatic heterocycles. The van der Waals surface area contributed by atoms with Crippen LogP contribution in [0.3, 0.4) is 0 Å². The van der Waals surface area contributed by atoms with Gasteiger partial charge in [-0.05, 0) is 33.3 Å². The summed E-state index contributed by atoms with van der Waals surface area (Å²) >= 11 is 0. The number of ketones is 1. The van der Waals surface area contributed by atoms with Gasteiger partial charge >= 0.3 is 0 Å². The van der Waals surface area contributed by atoms with E-state index in [1.807, 2.05) is 40.7 Å². The highest BCUT2D eigenvalue weighted by atomic mass is 16.1. The van der Waals surface area contributed by atoms with Crippen LogP contribution < -0.4 is 0 Å². The van der Waals surface area contributed by atoms with Crippen molar-refractivity contribution in [2.45, 2.75) is 61.8 Å². The molecular weight excluding hydrogens is 184 g/mol. The third kappa shape index (κ3) is 61.6. The van der Waals surface area contributed by atoms with Gasteiger partial charge in [-0.15, -0.1) is 6.58 Å². The summed E-state index contributed by atoms with van der Waals surface area (Å²) in [7, 11) is 0. The molecule has 0 unspecified atom stereocenters. The normalized spacial score (nSPS) is 7.87. The SMILES string of the molecule is C/C=C(\C)C(C)=O.C=CC.CC.CCC. The first-order chi connectivity index (χ1) is 7.01. The molecule has 0 saturated carbocycles. The van der Waals surface area contributed by atoms with Gasteiger partial charge in [0, 0.05) is 0 Å². The maximum Gasteiger partial charge on any atom is 0.155 e. The number of carbonyl (C=O) groups is 1. The van der Waals surface area contributed by atoms with Crippen LogP contribution in [0, 0.1) is 0 Å². The van der Waals surface area contributed by atoms with Gasteiger partial charge in [-0.2, -0.15) is 0 Å². The van der Waals surface area contributed by atoms with E-state index in [0.29, 0.717) is 0 Å². The molecule has 0 radical (unpaired) electrons. The fourth-order valence-corrected chi connectivity index (χ4v) is 0.203. The Kier molecular flexibility index (Phi) is 46.3. The Balaban J connectivity index is -0.0000000638. The van der Waals surface area contributed by atoms with E-state index in [2.05, 4.69) is 20.4 Å². The standard InChI is InChI=1S/C6H10O.C3H8.C3H6.C2H6/c1-4-5(2)6(3)7;2*1-3-2;1-2/h4H,1-3H3;3H2,1-2H3;3H,1H2,2H3;1-2H3/b5-4+;;;. The zero-order valence-electron chi connectivity index (χ0n) is 12.0. The Morgan fingerprint density at radius 2 is 1.33 bits per heavy atom. The van der Waals surface area contributed by atoms with Gasteiger partial charge in [-0.25, -0.2) is 0 Å². The molecule has 1 heteroatoms. The molecular formula is C14H30O. The van der Waals surface area contributed by atoms with E-state index in [9.17, 15) is 4.79 Å². The molecule has 1 nitrogen and oxygen atoms in total. The quantitative estimate of drug-likeness (QED) is 0.434. The maximum atomic E-state index is 10.3. The largest absolute Gasteiger partial charge is 0.295 e. The van der Waals surface area contributed by atoms with E-state index in [1.54, 1.807) is 13.0 Å². The first-order valence-corrected chi connectivity index (χ1v) is 5.72. The van der Waals surface area contributed by atoms with Crippen LogP contribution in [0.1, 0.15) is 61.8 Å². The van der Waals surface area contributed by atoms with E-state index in [4.69, 9.17) is 0 Å². The predicted molar refractivity (Wildman–Crippen MR) is 73.3 cm³/mol. The minimum Gasteiger partial charge on any atom is -0.295 e. The van der Waals surface area contributed by atoms with Gasteiger partial charge in [0.1, 0.15) is 0 Å². The first-order valence-electron chi connectivity index (χ1n) is 5.72. The van der Waals surface area contributed by atoms with E-state index in [1.165, 1.54) is 6.42 Å². The van der Waals surface area contributed by atoms with E-state index in [-0.39, 0.29) is 5.78 Å². The molecule has 0 aliphatic rings. The zero-order valence-corrected chi connectivity index (χ0v) is 12.0. The number of rotatable bonds is 1. The Hall–Kier alpha value is -0.850. The van der Waals surface area contributed by atoms with Crippen LogP contribution >= 0.6 is 0 Å². The van der Waals surface area contributed by atoms with Gasteiger partial charge < -0.3 is 0 Å². The lowest BCUT2D eigenvalue weighted by molar-refractivity contribution is -0.113. The number of hydrogen-bond donors (Lipinski definition) is 0. The summed E-state index contributed by atoms with van der Waals surface area (Å²) in [5.41, 5.74) is 0.833. The molecule has 0 spiro atoms. The minimum absolute atomic E-state index is 0.155. The van der Waals surface area contributed by atoms with Crippen LogP contribution in [-0.4, -0.2) is 5.78 Å². The van der Waals surface area contributed by atoms with Crippen molar-refractivity contribution in [2.75, 3.05) is 0 Å². The van der Waals surface area contributed by atoms with Crippen LogP contribution in [0.15, 0.2) is 24.3 Å². The molecule has 15 heavy (non-hydrogen) atoms. The number of allylic oxidation sites excluding steroid dienone is 3. The minimum atomic E-state index is 0.155. The Bertz CT molecular complexity index is 143. The third-order valence-electron chi connectivity index (χ3n) is 0.988. The summed E-state index contributed by atoms with van der Waals surface area (Å²) in [6.45, 7) is 18.7. The number of carbonyl (C=O) groups excluding carboxylic acids is 1. The van der Waals surface area contributed by atoms with E-state index in [0.717, 1.165) is 5.57 Å². The fraction of sp³-hybridized carbons (Fsp3) is 0.643. The average molecular weight is 214 g/mol. The van der Waals surface area contributed by atoms with Crippen molar-refractivity contribution in [1.82, 2.24) is 0 Å². The summed E-state index contributed by atoms with van der Waals surface area (Å²) in [5, 5.41) is 0. The third-order valence-corrected chi connectivity index (χ3v) is 0.988. The van der Waals surface area contributed by atoms with Crippen molar-refractivity contribution in [2.24, 2.45) is 0 Å². The number of Topliss-reactive ketones (excluding diaryl/α,β-unsaturated/α-hetero) is 1. The predicted octanol–water partition coefficient (Wildman–Crippen LogP) is 5.18. The smallest absolute Gasteiger partial charge is 0.155 e. The second kappa shape index (κ2) is 29.2. The van der Waals surface area contributed by atoms with Gasteiger partial charge in [0.15, 0.2) is 5.78 Å². The van der Waals surface area contributed by atoms with Gasteiger partial charge in [0.2, 0.25) is 0 Å². The molecule has 0 amide bonds.